The smallest absolute Gasteiger partial charge is 0.255 e. The van der Waals surface area contributed by atoms with Crippen molar-refractivity contribution in [3.05, 3.63) is 28.8 Å². The van der Waals surface area contributed by atoms with Crippen LogP contribution >= 0.6 is 11.6 Å². The van der Waals surface area contributed by atoms with E-state index >= 15 is 0 Å². The molecule has 126 valence electrons. The van der Waals surface area contributed by atoms with Crippen molar-refractivity contribution < 1.29 is 18.3 Å². The van der Waals surface area contributed by atoms with E-state index in [-0.39, 0.29) is 33.9 Å². The van der Waals surface area contributed by atoms with Crippen LogP contribution in [0.1, 0.15) is 23.2 Å². The van der Waals surface area contributed by atoms with Gasteiger partial charge in [-0.25, -0.2) is 8.42 Å². The number of rotatable bonds is 4. The summed E-state index contributed by atoms with van der Waals surface area (Å²) in [5.41, 5.74) is 0.198. The molecule has 0 aromatic heterocycles. The quantitative estimate of drug-likeness (QED) is 0.877. The van der Waals surface area contributed by atoms with Gasteiger partial charge in [-0.1, -0.05) is 11.6 Å². The molecule has 0 bridgehead atoms. The van der Waals surface area contributed by atoms with Crippen LogP contribution in [0, 0.1) is 5.92 Å². The predicted octanol–water partition coefficient (Wildman–Crippen LogP) is 1.19. The molecule has 0 aliphatic carbocycles. The third kappa shape index (κ3) is 3.10. The van der Waals surface area contributed by atoms with Gasteiger partial charge in [-0.15, -0.1) is 0 Å². The molecule has 3 rings (SSSR count). The fourth-order valence-electron chi connectivity index (χ4n) is 2.93. The number of hydrogen-bond acceptors (Lipinski definition) is 4. The van der Waals surface area contributed by atoms with Gasteiger partial charge in [0.15, 0.2) is 0 Å². The summed E-state index contributed by atoms with van der Waals surface area (Å²) >= 11 is 6.09. The van der Waals surface area contributed by atoms with Crippen LogP contribution in [0.3, 0.4) is 0 Å². The number of sulfonamides is 1. The van der Waals surface area contributed by atoms with E-state index < -0.39 is 10.0 Å². The van der Waals surface area contributed by atoms with E-state index in [9.17, 15) is 13.2 Å². The topological polar surface area (TPSA) is 77.9 Å². The summed E-state index contributed by atoms with van der Waals surface area (Å²) in [5.74, 6) is -0.201. The van der Waals surface area contributed by atoms with Crippen molar-refractivity contribution in [1.82, 2.24) is 9.21 Å². The fourth-order valence-corrected chi connectivity index (χ4v) is 4.67. The molecule has 2 aliphatic heterocycles. The van der Waals surface area contributed by atoms with Crippen molar-refractivity contribution in [3.63, 3.8) is 0 Å². The minimum Gasteiger partial charge on any atom is -0.396 e. The Bertz CT molecular complexity index is 710. The molecule has 23 heavy (non-hydrogen) atoms. The number of carbonyl (C=O) groups excluding carboxylic acids is 1. The van der Waals surface area contributed by atoms with Crippen LogP contribution < -0.4 is 0 Å². The molecule has 0 saturated carbocycles. The zero-order valence-electron chi connectivity index (χ0n) is 12.6. The van der Waals surface area contributed by atoms with Gasteiger partial charge in [0.1, 0.15) is 0 Å². The number of amides is 1. The van der Waals surface area contributed by atoms with E-state index in [1.54, 1.807) is 4.90 Å². The Hall–Kier alpha value is -1.15. The van der Waals surface area contributed by atoms with Crippen molar-refractivity contribution in [3.8, 4) is 0 Å². The van der Waals surface area contributed by atoms with Gasteiger partial charge in [-0.3, -0.25) is 4.79 Å². The van der Waals surface area contributed by atoms with Gasteiger partial charge in [-0.2, -0.15) is 4.31 Å². The number of hydrogen-bond donors (Lipinski definition) is 1. The van der Waals surface area contributed by atoms with Crippen LogP contribution in [0.25, 0.3) is 0 Å². The molecule has 1 amide bonds. The fraction of sp³-hybridized carbons (Fsp3) is 0.533. The first-order valence-electron chi connectivity index (χ1n) is 7.63. The van der Waals surface area contributed by atoms with Crippen LogP contribution in [0.4, 0.5) is 0 Å². The van der Waals surface area contributed by atoms with E-state index in [1.165, 1.54) is 22.5 Å². The number of carbonyl (C=O) groups is 1. The Morgan fingerprint density at radius 2 is 1.91 bits per heavy atom. The first-order chi connectivity index (χ1) is 10.9. The number of benzene rings is 1. The molecule has 6 nitrogen and oxygen atoms in total. The molecule has 0 unspecified atom stereocenters. The van der Waals surface area contributed by atoms with Gasteiger partial charge in [0, 0.05) is 38.7 Å². The minimum atomic E-state index is -3.58. The highest BCUT2D eigenvalue weighted by atomic mass is 35.5. The molecular weight excluding hydrogens is 340 g/mol. The molecule has 1 aromatic rings. The van der Waals surface area contributed by atoms with Gasteiger partial charge in [-0.05, 0) is 31.0 Å². The van der Waals surface area contributed by atoms with Crippen LogP contribution in [0.5, 0.6) is 0 Å². The van der Waals surface area contributed by atoms with E-state index in [4.69, 9.17) is 16.7 Å². The van der Waals surface area contributed by atoms with Gasteiger partial charge in [0.05, 0.1) is 15.5 Å². The van der Waals surface area contributed by atoms with E-state index in [1.807, 2.05) is 0 Å². The third-order valence-electron chi connectivity index (χ3n) is 4.37. The van der Waals surface area contributed by atoms with Gasteiger partial charge < -0.3 is 10.0 Å². The Balaban J connectivity index is 1.86. The van der Waals surface area contributed by atoms with Gasteiger partial charge >= 0.3 is 0 Å². The number of aliphatic hydroxyl groups is 1. The molecule has 2 saturated heterocycles. The number of nitrogens with zero attached hydrogens (tertiary/aromatic N) is 2. The summed E-state index contributed by atoms with van der Waals surface area (Å²) in [7, 11) is -3.58. The van der Waals surface area contributed by atoms with Crippen LogP contribution in [-0.4, -0.2) is 61.4 Å². The SMILES string of the molecule is O=C(c1cc(S(=O)(=O)N2CCCC2)ccc1Cl)N1CC(CO)C1. The summed E-state index contributed by atoms with van der Waals surface area (Å²) in [4.78, 5) is 14.1. The summed E-state index contributed by atoms with van der Waals surface area (Å²) in [6.07, 6.45) is 1.71. The molecule has 1 aromatic carbocycles. The average Bonchev–Trinajstić information content (AvgIpc) is 3.01. The first kappa shape index (κ1) is 16.7. The Kier molecular flexibility index (Phi) is 4.64. The second kappa shape index (κ2) is 6.39. The van der Waals surface area contributed by atoms with Crippen molar-refractivity contribution in [2.24, 2.45) is 5.92 Å². The summed E-state index contributed by atoms with van der Waals surface area (Å²) in [6, 6.07) is 4.27. The molecule has 0 spiro atoms. The summed E-state index contributed by atoms with van der Waals surface area (Å²) < 4.78 is 26.6. The van der Waals surface area contributed by atoms with Gasteiger partial charge in [0.25, 0.3) is 5.91 Å². The maximum Gasteiger partial charge on any atom is 0.255 e. The van der Waals surface area contributed by atoms with Crippen molar-refractivity contribution in [2.45, 2.75) is 17.7 Å². The first-order valence-corrected chi connectivity index (χ1v) is 9.45. The van der Waals surface area contributed by atoms with Crippen molar-refractivity contribution in [1.29, 1.82) is 0 Å². The zero-order valence-corrected chi connectivity index (χ0v) is 14.2. The molecule has 2 aliphatic rings. The summed E-state index contributed by atoms with van der Waals surface area (Å²) in [5, 5.41) is 9.27. The monoisotopic (exact) mass is 358 g/mol. The van der Waals surface area contributed by atoms with Crippen LogP contribution in [0.15, 0.2) is 23.1 Å². The lowest BCUT2D eigenvalue weighted by molar-refractivity contribution is 0.0362. The molecule has 0 atom stereocenters. The maximum atomic E-state index is 12.6. The normalized spacial score (nSPS) is 19.8. The molecule has 2 heterocycles. The summed E-state index contributed by atoms with van der Waals surface area (Å²) in [6.45, 7) is 2.00. The number of aliphatic hydroxyl groups excluding tert-OH is 1. The van der Waals surface area contributed by atoms with E-state index in [0.717, 1.165) is 12.8 Å². The second-order valence-corrected chi connectivity index (χ2v) is 8.36. The van der Waals surface area contributed by atoms with E-state index in [0.29, 0.717) is 26.2 Å². The molecular formula is C15H19ClN2O4S. The molecule has 2 fully saturated rings. The highest BCUT2D eigenvalue weighted by Gasteiger charge is 2.33. The minimum absolute atomic E-state index is 0.0426. The molecule has 0 radical (unpaired) electrons. The van der Waals surface area contributed by atoms with E-state index in [2.05, 4.69) is 0 Å². The second-order valence-electron chi connectivity index (χ2n) is 6.01. The lowest BCUT2D eigenvalue weighted by Crippen LogP contribution is -2.51. The number of likely N-dealkylation sites (tertiary alicyclic amines) is 1. The van der Waals surface area contributed by atoms with Gasteiger partial charge in [0.2, 0.25) is 10.0 Å². The number of halogens is 1. The van der Waals surface area contributed by atoms with Crippen molar-refractivity contribution >= 4 is 27.5 Å². The molecule has 1 N–H and O–H groups in total. The third-order valence-corrected chi connectivity index (χ3v) is 6.60. The van der Waals surface area contributed by atoms with Crippen molar-refractivity contribution in [2.75, 3.05) is 32.8 Å². The standard InChI is InChI=1S/C15H19ClN2O4S/c16-14-4-3-12(23(21,22)18-5-1-2-6-18)7-13(14)15(20)17-8-11(9-17)10-19/h3-4,7,11,19H,1-2,5-6,8-10H2. The Labute approximate surface area is 140 Å². The predicted molar refractivity (Wildman–Crippen MR) is 85.9 cm³/mol. The lowest BCUT2D eigenvalue weighted by atomic mass is 10.00. The largest absolute Gasteiger partial charge is 0.396 e. The zero-order chi connectivity index (χ0) is 16.6. The Morgan fingerprint density at radius 1 is 1.26 bits per heavy atom. The van der Waals surface area contributed by atoms with Crippen LogP contribution in [0.2, 0.25) is 5.02 Å². The maximum absolute atomic E-state index is 12.6. The van der Waals surface area contributed by atoms with Crippen LogP contribution in [-0.2, 0) is 10.0 Å². The highest BCUT2D eigenvalue weighted by molar-refractivity contribution is 7.89. The Morgan fingerprint density at radius 3 is 2.52 bits per heavy atom. The highest BCUT2D eigenvalue weighted by Crippen LogP contribution is 2.28. The average molecular weight is 359 g/mol. The molecule has 8 heteroatoms. The lowest BCUT2D eigenvalue weighted by Gasteiger charge is -2.38.